The lowest BCUT2D eigenvalue weighted by Crippen LogP contribution is -2.29. The highest BCUT2D eigenvalue weighted by atomic mass is 16.5. The lowest BCUT2D eigenvalue weighted by molar-refractivity contribution is 0.0788. The van der Waals surface area contributed by atoms with Crippen molar-refractivity contribution in [2.24, 2.45) is 0 Å². The molecule has 1 N–H and O–H groups in total. The van der Waals surface area contributed by atoms with Crippen LogP contribution < -0.4 is 10.5 Å². The molecule has 1 amide bonds. The highest BCUT2D eigenvalue weighted by Gasteiger charge is 2.32. The zero-order valence-corrected chi connectivity index (χ0v) is 15.0. The van der Waals surface area contributed by atoms with E-state index < -0.39 is 0 Å². The number of nitrogens with zero attached hydrogens (tertiary/aromatic N) is 4. The van der Waals surface area contributed by atoms with E-state index in [0.29, 0.717) is 42.5 Å². The predicted molar refractivity (Wildman–Crippen MR) is 93.1 cm³/mol. The monoisotopic (exact) mass is 345 g/mol. The number of hydrogen-bond acceptors (Lipinski definition) is 6. The Balaban J connectivity index is 1.81. The summed E-state index contributed by atoms with van der Waals surface area (Å²) >= 11 is 0. The largest absolute Gasteiger partial charge is 0.360 e. The van der Waals surface area contributed by atoms with Gasteiger partial charge in [-0.05, 0) is 13.3 Å². The molecule has 3 heterocycles. The van der Waals surface area contributed by atoms with Crippen LogP contribution >= 0.6 is 0 Å². The van der Waals surface area contributed by atoms with Crippen LogP contribution in [0.5, 0.6) is 0 Å². The summed E-state index contributed by atoms with van der Waals surface area (Å²) in [7, 11) is 3.65. The van der Waals surface area contributed by atoms with Gasteiger partial charge < -0.3 is 14.3 Å². The van der Waals surface area contributed by atoms with Gasteiger partial charge >= 0.3 is 0 Å². The molecule has 1 unspecified atom stereocenters. The van der Waals surface area contributed by atoms with Crippen LogP contribution in [-0.2, 0) is 6.42 Å². The van der Waals surface area contributed by atoms with Crippen LogP contribution in [0.25, 0.3) is 0 Å². The quantitative estimate of drug-likeness (QED) is 0.898. The summed E-state index contributed by atoms with van der Waals surface area (Å²) < 4.78 is 5.23. The SMILES string of the molecule is CCc1onc(C)c1C(=O)N1CCC(c2cc(=O)[nH]c(N(C)C)n2)C1. The Kier molecular flexibility index (Phi) is 4.61. The van der Waals surface area contributed by atoms with Crippen LogP contribution in [0.15, 0.2) is 15.4 Å². The summed E-state index contributed by atoms with van der Waals surface area (Å²) in [5, 5.41) is 3.91. The van der Waals surface area contributed by atoms with E-state index in [4.69, 9.17) is 4.52 Å². The third kappa shape index (κ3) is 3.29. The number of hydrogen-bond donors (Lipinski definition) is 1. The summed E-state index contributed by atoms with van der Waals surface area (Å²) in [5.74, 6) is 1.14. The molecule has 0 spiro atoms. The molecule has 8 heteroatoms. The van der Waals surface area contributed by atoms with Crippen molar-refractivity contribution in [3.8, 4) is 0 Å². The molecule has 134 valence electrons. The fraction of sp³-hybridized carbons (Fsp3) is 0.529. The van der Waals surface area contributed by atoms with Gasteiger partial charge in [0.15, 0.2) is 0 Å². The highest BCUT2D eigenvalue weighted by molar-refractivity contribution is 5.96. The molecular formula is C17H23N5O3. The molecule has 8 nitrogen and oxygen atoms in total. The smallest absolute Gasteiger partial charge is 0.259 e. The van der Waals surface area contributed by atoms with Gasteiger partial charge in [0.05, 0.1) is 11.4 Å². The summed E-state index contributed by atoms with van der Waals surface area (Å²) in [5.41, 5.74) is 1.73. The van der Waals surface area contributed by atoms with Crippen molar-refractivity contribution in [1.29, 1.82) is 0 Å². The first-order valence-electron chi connectivity index (χ1n) is 8.43. The molecule has 1 saturated heterocycles. The van der Waals surface area contributed by atoms with E-state index >= 15 is 0 Å². The van der Waals surface area contributed by atoms with Gasteiger partial charge in [0, 0.05) is 45.6 Å². The summed E-state index contributed by atoms with van der Waals surface area (Å²) in [6.45, 7) is 4.89. The Morgan fingerprint density at radius 1 is 1.48 bits per heavy atom. The molecule has 25 heavy (non-hydrogen) atoms. The number of nitrogens with one attached hydrogen (secondary N) is 1. The maximum atomic E-state index is 12.9. The van der Waals surface area contributed by atoms with Crippen molar-refractivity contribution < 1.29 is 9.32 Å². The predicted octanol–water partition coefficient (Wildman–Crippen LogP) is 1.32. The van der Waals surface area contributed by atoms with Crippen molar-refractivity contribution in [3.63, 3.8) is 0 Å². The van der Waals surface area contributed by atoms with E-state index in [-0.39, 0.29) is 17.4 Å². The van der Waals surface area contributed by atoms with E-state index in [1.165, 1.54) is 6.07 Å². The van der Waals surface area contributed by atoms with Crippen molar-refractivity contribution in [2.45, 2.75) is 32.6 Å². The van der Waals surface area contributed by atoms with E-state index in [2.05, 4.69) is 15.1 Å². The first-order chi connectivity index (χ1) is 11.9. The molecule has 3 rings (SSSR count). The number of carbonyl (C=O) groups is 1. The van der Waals surface area contributed by atoms with Crippen LogP contribution in [-0.4, -0.2) is 53.1 Å². The number of aromatic amines is 1. The minimum atomic E-state index is -0.179. The van der Waals surface area contributed by atoms with Crippen LogP contribution in [0.1, 0.15) is 46.8 Å². The molecular weight excluding hydrogens is 322 g/mol. The minimum Gasteiger partial charge on any atom is -0.360 e. The van der Waals surface area contributed by atoms with Crippen LogP contribution in [0.4, 0.5) is 5.95 Å². The lowest BCUT2D eigenvalue weighted by Gasteiger charge is -2.17. The van der Waals surface area contributed by atoms with E-state index in [0.717, 1.165) is 12.1 Å². The normalized spacial score (nSPS) is 17.1. The molecule has 0 aromatic carbocycles. The fourth-order valence-electron chi connectivity index (χ4n) is 3.16. The van der Waals surface area contributed by atoms with Gasteiger partial charge in [0.1, 0.15) is 11.3 Å². The molecule has 1 aliphatic heterocycles. The zero-order valence-electron chi connectivity index (χ0n) is 15.0. The van der Waals surface area contributed by atoms with Gasteiger partial charge in [-0.3, -0.25) is 14.6 Å². The number of aryl methyl sites for hydroxylation is 2. The molecule has 1 fully saturated rings. The molecule has 0 aliphatic carbocycles. The Morgan fingerprint density at radius 3 is 2.92 bits per heavy atom. The summed E-state index contributed by atoms with van der Waals surface area (Å²) in [6, 6.07) is 1.52. The number of amides is 1. The van der Waals surface area contributed by atoms with Gasteiger partial charge in [0.2, 0.25) is 5.95 Å². The van der Waals surface area contributed by atoms with Crippen molar-refractivity contribution in [3.05, 3.63) is 39.1 Å². The molecule has 0 bridgehead atoms. The Hall–Kier alpha value is -2.64. The van der Waals surface area contributed by atoms with E-state index in [1.54, 1.807) is 16.7 Å². The summed E-state index contributed by atoms with van der Waals surface area (Å²) in [4.78, 5) is 35.5. The molecule has 0 radical (unpaired) electrons. The average molecular weight is 345 g/mol. The molecule has 1 atom stereocenters. The maximum absolute atomic E-state index is 12.9. The number of H-pyrrole nitrogens is 1. The van der Waals surface area contributed by atoms with E-state index in [9.17, 15) is 9.59 Å². The van der Waals surface area contributed by atoms with Gasteiger partial charge in [-0.15, -0.1) is 0 Å². The minimum absolute atomic E-state index is 0.0511. The van der Waals surface area contributed by atoms with Crippen LogP contribution in [0.2, 0.25) is 0 Å². The molecule has 1 aliphatic rings. The lowest BCUT2D eigenvalue weighted by atomic mass is 10.0. The number of likely N-dealkylation sites (tertiary alicyclic amines) is 1. The Labute approximate surface area is 145 Å². The molecule has 0 saturated carbocycles. The first-order valence-corrected chi connectivity index (χ1v) is 8.43. The third-order valence-corrected chi connectivity index (χ3v) is 4.53. The summed E-state index contributed by atoms with van der Waals surface area (Å²) in [6.07, 6.45) is 1.40. The zero-order chi connectivity index (χ0) is 18.1. The molecule has 2 aromatic rings. The maximum Gasteiger partial charge on any atom is 0.259 e. The van der Waals surface area contributed by atoms with Gasteiger partial charge in [-0.1, -0.05) is 12.1 Å². The third-order valence-electron chi connectivity index (χ3n) is 4.53. The fourth-order valence-corrected chi connectivity index (χ4v) is 3.16. The Morgan fingerprint density at radius 2 is 2.24 bits per heavy atom. The van der Waals surface area contributed by atoms with Gasteiger partial charge in [0.25, 0.3) is 11.5 Å². The second-order valence-corrected chi connectivity index (χ2v) is 6.54. The second-order valence-electron chi connectivity index (χ2n) is 6.54. The number of aromatic nitrogens is 3. The van der Waals surface area contributed by atoms with Crippen molar-refractivity contribution in [1.82, 2.24) is 20.0 Å². The highest BCUT2D eigenvalue weighted by Crippen LogP contribution is 2.28. The first kappa shape index (κ1) is 17.2. The average Bonchev–Trinajstić information content (AvgIpc) is 3.20. The van der Waals surface area contributed by atoms with Crippen LogP contribution in [0.3, 0.4) is 0 Å². The second kappa shape index (κ2) is 6.70. The number of rotatable bonds is 4. The number of anilines is 1. The molecule has 2 aromatic heterocycles. The van der Waals surface area contributed by atoms with E-state index in [1.807, 2.05) is 21.0 Å². The number of carbonyl (C=O) groups excluding carboxylic acids is 1. The topological polar surface area (TPSA) is 95.3 Å². The van der Waals surface area contributed by atoms with Crippen molar-refractivity contribution in [2.75, 3.05) is 32.1 Å². The van der Waals surface area contributed by atoms with Gasteiger partial charge in [-0.2, -0.15) is 0 Å². The standard InChI is InChI=1S/C17H23N5O3/c1-5-13-15(10(2)20-25-13)16(24)22-7-6-11(9-22)12-8-14(23)19-17(18-12)21(3)4/h8,11H,5-7,9H2,1-4H3,(H,18,19,23). The van der Waals surface area contributed by atoms with Crippen molar-refractivity contribution >= 4 is 11.9 Å². The Bertz CT molecular complexity index is 839. The van der Waals surface area contributed by atoms with Gasteiger partial charge in [-0.25, -0.2) is 4.98 Å². The van der Waals surface area contributed by atoms with Crippen LogP contribution in [0, 0.1) is 6.92 Å².